The van der Waals surface area contributed by atoms with Crippen LogP contribution in [0.5, 0.6) is 0 Å². The van der Waals surface area contributed by atoms with Gasteiger partial charge in [-0.2, -0.15) is 0 Å². The van der Waals surface area contributed by atoms with Crippen LogP contribution in [0.1, 0.15) is 17.1 Å². The minimum atomic E-state index is 0.660. The molecule has 0 radical (unpaired) electrons. The van der Waals surface area contributed by atoms with Crippen molar-refractivity contribution < 1.29 is 0 Å². The highest BCUT2D eigenvalue weighted by molar-refractivity contribution is 5.07. The van der Waals surface area contributed by atoms with Crippen molar-refractivity contribution in [1.29, 1.82) is 0 Å². The van der Waals surface area contributed by atoms with Crippen molar-refractivity contribution in [2.75, 3.05) is 0 Å². The SMILES string of the molecule is C=CCn1cc(CN(Cc2ccccn2)Cc2ccccn2)nn1. The van der Waals surface area contributed by atoms with Gasteiger partial charge in [0.2, 0.25) is 0 Å². The van der Waals surface area contributed by atoms with Crippen molar-refractivity contribution in [2.24, 2.45) is 0 Å². The standard InChI is InChI=1S/C18H20N6/c1-2-11-24-15-18(21-22-24)14-23(12-16-7-3-5-9-19-16)13-17-8-4-6-10-20-17/h2-10,15H,1,11-14H2. The zero-order chi connectivity index (χ0) is 16.6. The van der Waals surface area contributed by atoms with E-state index < -0.39 is 0 Å². The normalized spacial score (nSPS) is 10.9. The lowest BCUT2D eigenvalue weighted by atomic mass is 10.2. The smallest absolute Gasteiger partial charge is 0.0967 e. The predicted octanol–water partition coefficient (Wildman–Crippen LogP) is 2.46. The van der Waals surface area contributed by atoms with E-state index in [1.54, 1.807) is 10.8 Å². The van der Waals surface area contributed by atoms with Gasteiger partial charge in [0.05, 0.1) is 29.8 Å². The summed E-state index contributed by atoms with van der Waals surface area (Å²) in [5, 5.41) is 8.35. The Morgan fingerprint density at radius 3 is 2.08 bits per heavy atom. The van der Waals surface area contributed by atoms with Crippen molar-refractivity contribution in [2.45, 2.75) is 26.2 Å². The maximum absolute atomic E-state index is 4.42. The highest BCUT2D eigenvalue weighted by Crippen LogP contribution is 2.10. The topological polar surface area (TPSA) is 59.7 Å². The molecule has 122 valence electrons. The highest BCUT2D eigenvalue weighted by atomic mass is 15.4. The van der Waals surface area contributed by atoms with Crippen LogP contribution in [-0.4, -0.2) is 29.9 Å². The van der Waals surface area contributed by atoms with E-state index in [0.717, 1.165) is 30.2 Å². The molecule has 0 bridgehead atoms. The van der Waals surface area contributed by atoms with E-state index in [-0.39, 0.29) is 0 Å². The van der Waals surface area contributed by atoms with Gasteiger partial charge in [-0.05, 0) is 24.3 Å². The molecule has 3 heterocycles. The molecular formula is C18H20N6. The Kier molecular flexibility index (Phi) is 5.42. The Morgan fingerprint density at radius 1 is 0.917 bits per heavy atom. The van der Waals surface area contributed by atoms with Crippen LogP contribution in [0.4, 0.5) is 0 Å². The third-order valence-electron chi connectivity index (χ3n) is 3.51. The molecule has 24 heavy (non-hydrogen) atoms. The van der Waals surface area contributed by atoms with Crippen molar-refractivity contribution in [3.8, 4) is 0 Å². The first-order chi connectivity index (χ1) is 11.8. The van der Waals surface area contributed by atoms with Crippen molar-refractivity contribution >= 4 is 0 Å². The van der Waals surface area contributed by atoms with Gasteiger partial charge in [-0.15, -0.1) is 11.7 Å². The molecule has 6 heteroatoms. The molecule has 3 rings (SSSR count). The predicted molar refractivity (Wildman–Crippen MR) is 91.6 cm³/mol. The average molecular weight is 320 g/mol. The van der Waals surface area contributed by atoms with Gasteiger partial charge in [-0.1, -0.05) is 23.4 Å². The molecule has 0 N–H and O–H groups in total. The molecule has 0 amide bonds. The molecule has 3 aromatic rings. The van der Waals surface area contributed by atoms with Crippen LogP contribution in [0.25, 0.3) is 0 Å². The van der Waals surface area contributed by atoms with E-state index in [9.17, 15) is 0 Å². The maximum Gasteiger partial charge on any atom is 0.0967 e. The number of rotatable bonds is 8. The fourth-order valence-electron chi connectivity index (χ4n) is 2.47. The van der Waals surface area contributed by atoms with Gasteiger partial charge in [-0.25, -0.2) is 4.68 Å². The molecule has 0 aromatic carbocycles. The number of nitrogens with zero attached hydrogens (tertiary/aromatic N) is 6. The van der Waals surface area contributed by atoms with E-state index >= 15 is 0 Å². The monoisotopic (exact) mass is 320 g/mol. The number of hydrogen-bond acceptors (Lipinski definition) is 5. The lowest BCUT2D eigenvalue weighted by Gasteiger charge is -2.20. The first-order valence-corrected chi connectivity index (χ1v) is 7.85. The quantitative estimate of drug-likeness (QED) is 0.597. The summed E-state index contributed by atoms with van der Waals surface area (Å²) >= 11 is 0. The summed E-state index contributed by atoms with van der Waals surface area (Å²) in [7, 11) is 0. The second-order valence-electron chi connectivity index (χ2n) is 5.51. The third-order valence-corrected chi connectivity index (χ3v) is 3.51. The van der Waals surface area contributed by atoms with Crippen LogP contribution in [0.15, 0.2) is 67.6 Å². The largest absolute Gasteiger partial charge is 0.286 e. The van der Waals surface area contributed by atoms with Crippen molar-refractivity contribution in [1.82, 2.24) is 29.9 Å². The van der Waals surface area contributed by atoms with E-state index in [2.05, 4.69) is 31.8 Å². The summed E-state index contributed by atoms with van der Waals surface area (Å²) in [6, 6.07) is 11.9. The number of allylic oxidation sites excluding steroid dienone is 1. The molecule has 0 unspecified atom stereocenters. The fourth-order valence-corrected chi connectivity index (χ4v) is 2.47. The zero-order valence-electron chi connectivity index (χ0n) is 13.5. The van der Waals surface area contributed by atoms with Crippen LogP contribution in [0, 0.1) is 0 Å². The van der Waals surface area contributed by atoms with Gasteiger partial charge < -0.3 is 0 Å². The summed E-state index contributed by atoms with van der Waals surface area (Å²) < 4.78 is 1.78. The molecule has 0 saturated heterocycles. The molecular weight excluding hydrogens is 300 g/mol. The van der Waals surface area contributed by atoms with Gasteiger partial charge in [-0.3, -0.25) is 14.9 Å². The fraction of sp³-hybridized carbons (Fsp3) is 0.222. The highest BCUT2D eigenvalue weighted by Gasteiger charge is 2.12. The molecule has 0 fully saturated rings. The van der Waals surface area contributed by atoms with E-state index in [0.29, 0.717) is 13.1 Å². The van der Waals surface area contributed by atoms with E-state index in [1.165, 1.54) is 0 Å². The van der Waals surface area contributed by atoms with Crippen LogP contribution in [0.2, 0.25) is 0 Å². The second-order valence-corrected chi connectivity index (χ2v) is 5.51. The molecule has 0 aliphatic rings. The minimum absolute atomic E-state index is 0.660. The third kappa shape index (κ3) is 4.57. The first-order valence-electron chi connectivity index (χ1n) is 7.85. The average Bonchev–Trinajstić information content (AvgIpc) is 3.04. The Bertz CT molecular complexity index is 712. The van der Waals surface area contributed by atoms with Crippen LogP contribution in [0.3, 0.4) is 0 Å². The van der Waals surface area contributed by atoms with Gasteiger partial charge in [0.1, 0.15) is 0 Å². The molecule has 0 atom stereocenters. The lowest BCUT2D eigenvalue weighted by molar-refractivity contribution is 0.238. The summed E-state index contributed by atoms with van der Waals surface area (Å²) in [6.07, 6.45) is 7.38. The Labute approximate surface area is 141 Å². The van der Waals surface area contributed by atoms with Gasteiger partial charge in [0, 0.05) is 32.0 Å². The van der Waals surface area contributed by atoms with Crippen molar-refractivity contribution in [3.63, 3.8) is 0 Å². The Hall–Kier alpha value is -2.86. The number of pyridine rings is 2. The van der Waals surface area contributed by atoms with Crippen LogP contribution in [-0.2, 0) is 26.2 Å². The second kappa shape index (κ2) is 8.12. The van der Waals surface area contributed by atoms with Gasteiger partial charge >= 0.3 is 0 Å². The molecule has 3 aromatic heterocycles. The number of aromatic nitrogens is 5. The Morgan fingerprint density at radius 2 is 1.54 bits per heavy atom. The molecule has 6 nitrogen and oxygen atoms in total. The van der Waals surface area contributed by atoms with E-state index in [1.807, 2.05) is 55.0 Å². The minimum Gasteiger partial charge on any atom is -0.286 e. The first kappa shape index (κ1) is 16.0. The lowest BCUT2D eigenvalue weighted by Crippen LogP contribution is -2.23. The van der Waals surface area contributed by atoms with Gasteiger partial charge in [0.15, 0.2) is 0 Å². The zero-order valence-corrected chi connectivity index (χ0v) is 13.5. The van der Waals surface area contributed by atoms with Crippen LogP contribution < -0.4 is 0 Å². The van der Waals surface area contributed by atoms with Crippen LogP contribution >= 0.6 is 0 Å². The number of hydrogen-bond donors (Lipinski definition) is 0. The summed E-state index contributed by atoms with van der Waals surface area (Å²) in [4.78, 5) is 11.1. The Balaban J connectivity index is 1.74. The molecule has 0 saturated carbocycles. The van der Waals surface area contributed by atoms with Crippen molar-refractivity contribution in [3.05, 3.63) is 84.7 Å². The summed E-state index contributed by atoms with van der Waals surface area (Å²) in [5.74, 6) is 0. The molecule has 0 aliphatic heterocycles. The molecule has 0 aliphatic carbocycles. The van der Waals surface area contributed by atoms with Gasteiger partial charge in [0.25, 0.3) is 0 Å². The molecule has 0 spiro atoms. The summed E-state index contributed by atoms with van der Waals surface area (Å²) in [6.45, 7) is 6.52. The maximum atomic E-state index is 4.42. The summed E-state index contributed by atoms with van der Waals surface area (Å²) in [5.41, 5.74) is 2.96. The van der Waals surface area contributed by atoms with E-state index in [4.69, 9.17) is 0 Å².